The quantitative estimate of drug-likeness (QED) is 0.509. The fourth-order valence-corrected chi connectivity index (χ4v) is 4.12. The van der Waals surface area contributed by atoms with Gasteiger partial charge >= 0.3 is 0 Å². The summed E-state index contributed by atoms with van der Waals surface area (Å²) >= 11 is 0. The molecule has 0 bridgehead atoms. The van der Waals surface area contributed by atoms with Crippen LogP contribution in [-0.4, -0.2) is 11.1 Å². The van der Waals surface area contributed by atoms with E-state index in [1.54, 1.807) is 0 Å². The lowest BCUT2D eigenvalue weighted by Gasteiger charge is -2.38. The first-order valence-corrected chi connectivity index (χ1v) is 12.4. The van der Waals surface area contributed by atoms with Gasteiger partial charge in [0.25, 0.3) is 0 Å². The summed E-state index contributed by atoms with van der Waals surface area (Å²) in [5.41, 5.74) is 11.8. The van der Waals surface area contributed by atoms with Crippen LogP contribution in [0.3, 0.4) is 0 Å². The fraction of sp³-hybridized carbons (Fsp3) is 0.613. The van der Waals surface area contributed by atoms with Crippen LogP contribution in [0.15, 0.2) is 36.4 Å². The Labute approximate surface area is 204 Å². The monoisotopic (exact) mass is 451 g/mol. The maximum atomic E-state index is 12.5. The Balaban J connectivity index is 2.97. The molecule has 33 heavy (non-hydrogen) atoms. The Hall–Kier alpha value is -1.64. The van der Waals surface area contributed by atoms with Gasteiger partial charge in [0.2, 0.25) is 0 Å². The minimum absolute atomic E-state index is 0.0431. The van der Waals surface area contributed by atoms with Crippen molar-refractivity contribution in [2.75, 3.05) is 0 Å². The molecule has 2 aromatic carbocycles. The molecule has 0 spiro atoms. The summed E-state index contributed by atoms with van der Waals surface area (Å²) in [6, 6.07) is 12.8. The standard InChI is InChI=1S/C31H49NO/c1-20(32)31(33,25-16-21(27(2,3)4)14-22(17-25)28(5,6)7)26-18-23(29(8,9)10)15-24(19-26)30(11,12)13/h14-20,33H,32H2,1-13H3/t20-/m0/s1. The van der Waals surface area contributed by atoms with Crippen LogP contribution in [-0.2, 0) is 27.3 Å². The van der Waals surface area contributed by atoms with E-state index in [2.05, 4.69) is 119 Å². The average Bonchev–Trinajstić information content (AvgIpc) is 2.63. The van der Waals surface area contributed by atoms with Crippen molar-refractivity contribution in [3.05, 3.63) is 69.8 Å². The molecule has 0 aliphatic carbocycles. The number of nitrogens with two attached hydrogens (primary N) is 1. The maximum Gasteiger partial charge on any atom is 0.129 e. The zero-order chi connectivity index (χ0) is 25.8. The van der Waals surface area contributed by atoms with Crippen molar-refractivity contribution in [2.24, 2.45) is 5.73 Å². The first kappa shape index (κ1) is 27.6. The van der Waals surface area contributed by atoms with Crippen LogP contribution >= 0.6 is 0 Å². The van der Waals surface area contributed by atoms with Crippen LogP contribution < -0.4 is 5.73 Å². The van der Waals surface area contributed by atoms with Gasteiger partial charge in [-0.2, -0.15) is 0 Å². The third-order valence-corrected chi connectivity index (χ3v) is 6.87. The van der Waals surface area contributed by atoms with E-state index in [-0.39, 0.29) is 21.7 Å². The highest BCUT2D eigenvalue weighted by molar-refractivity contribution is 5.48. The van der Waals surface area contributed by atoms with E-state index < -0.39 is 11.6 Å². The lowest BCUT2D eigenvalue weighted by molar-refractivity contribution is 0.0573. The van der Waals surface area contributed by atoms with Gasteiger partial charge in [-0.15, -0.1) is 0 Å². The van der Waals surface area contributed by atoms with E-state index in [4.69, 9.17) is 5.73 Å². The highest BCUT2D eigenvalue weighted by Gasteiger charge is 2.39. The molecule has 0 aliphatic heterocycles. The molecule has 0 amide bonds. The third-order valence-electron chi connectivity index (χ3n) is 6.87. The number of benzene rings is 2. The van der Waals surface area contributed by atoms with Crippen molar-refractivity contribution in [1.29, 1.82) is 0 Å². The van der Waals surface area contributed by atoms with Gasteiger partial charge in [0.05, 0.1) is 0 Å². The second-order valence-electron chi connectivity index (χ2n) is 14.2. The highest BCUT2D eigenvalue weighted by atomic mass is 16.3. The SMILES string of the molecule is C[C@H](N)C(O)(c1cc(C(C)(C)C)cc(C(C)(C)C)c1)c1cc(C(C)(C)C)cc(C(C)(C)C)c1. The van der Waals surface area contributed by atoms with Crippen molar-refractivity contribution >= 4 is 0 Å². The number of rotatable bonds is 3. The second kappa shape index (κ2) is 8.54. The van der Waals surface area contributed by atoms with Gasteiger partial charge in [0.15, 0.2) is 0 Å². The molecule has 0 fully saturated rings. The largest absolute Gasteiger partial charge is 0.379 e. The molecule has 0 saturated heterocycles. The third kappa shape index (κ3) is 5.89. The Kier molecular flexibility index (Phi) is 7.14. The molecule has 0 aromatic heterocycles. The molecule has 2 aromatic rings. The predicted octanol–water partition coefficient (Wildman–Crippen LogP) is 7.46. The van der Waals surface area contributed by atoms with Gasteiger partial charge in [-0.05, 0) is 62.0 Å². The summed E-state index contributed by atoms with van der Waals surface area (Å²) in [4.78, 5) is 0. The summed E-state index contributed by atoms with van der Waals surface area (Å²) in [6.07, 6.45) is 0. The molecule has 0 heterocycles. The van der Waals surface area contributed by atoms with E-state index >= 15 is 0 Å². The molecular formula is C31H49NO. The molecule has 2 nitrogen and oxygen atoms in total. The summed E-state index contributed by atoms with van der Waals surface area (Å²) in [5, 5.41) is 12.5. The molecule has 0 unspecified atom stereocenters. The summed E-state index contributed by atoms with van der Waals surface area (Å²) < 4.78 is 0. The smallest absolute Gasteiger partial charge is 0.129 e. The summed E-state index contributed by atoms with van der Waals surface area (Å²) in [5.74, 6) is 0. The molecule has 2 heteroatoms. The Bertz CT molecular complexity index is 846. The summed E-state index contributed by atoms with van der Waals surface area (Å²) in [6.45, 7) is 28.6. The molecule has 184 valence electrons. The van der Waals surface area contributed by atoms with Crippen LogP contribution in [0.25, 0.3) is 0 Å². The van der Waals surface area contributed by atoms with E-state index in [0.29, 0.717) is 0 Å². The molecular weight excluding hydrogens is 402 g/mol. The molecule has 0 radical (unpaired) electrons. The molecule has 0 saturated carbocycles. The first-order valence-electron chi connectivity index (χ1n) is 12.4. The van der Waals surface area contributed by atoms with Crippen LogP contribution in [0, 0.1) is 0 Å². The Morgan fingerprint density at radius 2 is 0.667 bits per heavy atom. The Morgan fingerprint density at radius 3 is 0.818 bits per heavy atom. The topological polar surface area (TPSA) is 46.2 Å². The van der Waals surface area contributed by atoms with E-state index in [1.165, 1.54) is 22.3 Å². The van der Waals surface area contributed by atoms with Gasteiger partial charge in [-0.25, -0.2) is 0 Å². The minimum Gasteiger partial charge on any atom is -0.379 e. The lowest BCUT2D eigenvalue weighted by atomic mass is 9.72. The van der Waals surface area contributed by atoms with Gasteiger partial charge in [0, 0.05) is 6.04 Å². The molecule has 0 aliphatic rings. The van der Waals surface area contributed by atoms with E-state index in [0.717, 1.165) is 11.1 Å². The van der Waals surface area contributed by atoms with E-state index in [1.807, 2.05) is 6.92 Å². The number of aliphatic hydroxyl groups is 1. The molecule has 3 N–H and O–H groups in total. The van der Waals surface area contributed by atoms with Crippen molar-refractivity contribution in [1.82, 2.24) is 0 Å². The Morgan fingerprint density at radius 1 is 0.485 bits per heavy atom. The van der Waals surface area contributed by atoms with Gasteiger partial charge in [-0.3, -0.25) is 0 Å². The van der Waals surface area contributed by atoms with Crippen LogP contribution in [0.2, 0.25) is 0 Å². The van der Waals surface area contributed by atoms with Gasteiger partial charge in [-0.1, -0.05) is 119 Å². The van der Waals surface area contributed by atoms with E-state index in [9.17, 15) is 5.11 Å². The van der Waals surface area contributed by atoms with Crippen molar-refractivity contribution in [2.45, 2.75) is 123 Å². The predicted molar refractivity (Wildman–Crippen MR) is 144 cm³/mol. The first-order chi connectivity index (χ1) is 14.6. The fourth-order valence-electron chi connectivity index (χ4n) is 4.12. The van der Waals surface area contributed by atoms with Crippen LogP contribution in [0.5, 0.6) is 0 Å². The highest BCUT2D eigenvalue weighted by Crippen LogP contribution is 2.41. The average molecular weight is 452 g/mol. The van der Waals surface area contributed by atoms with Crippen LogP contribution in [0.4, 0.5) is 0 Å². The van der Waals surface area contributed by atoms with Crippen molar-refractivity contribution < 1.29 is 5.11 Å². The molecule has 1 atom stereocenters. The van der Waals surface area contributed by atoms with Crippen molar-refractivity contribution in [3.8, 4) is 0 Å². The minimum atomic E-state index is -1.30. The zero-order valence-electron chi connectivity index (χ0n) is 23.6. The molecule has 2 rings (SSSR count). The maximum absolute atomic E-state index is 12.5. The van der Waals surface area contributed by atoms with Gasteiger partial charge in [0.1, 0.15) is 5.60 Å². The number of hydrogen-bond acceptors (Lipinski definition) is 2. The summed E-state index contributed by atoms with van der Waals surface area (Å²) in [7, 11) is 0. The van der Waals surface area contributed by atoms with Gasteiger partial charge < -0.3 is 10.8 Å². The zero-order valence-corrected chi connectivity index (χ0v) is 23.6. The number of hydrogen-bond donors (Lipinski definition) is 2. The van der Waals surface area contributed by atoms with Crippen LogP contribution in [0.1, 0.15) is 123 Å². The van der Waals surface area contributed by atoms with Crippen molar-refractivity contribution in [3.63, 3.8) is 0 Å². The lowest BCUT2D eigenvalue weighted by Crippen LogP contribution is -2.45. The normalized spacial score (nSPS) is 15.0. The second-order valence-corrected chi connectivity index (χ2v) is 14.2.